The summed E-state index contributed by atoms with van der Waals surface area (Å²) in [4.78, 5) is 14.6. The van der Waals surface area contributed by atoms with Crippen molar-refractivity contribution in [1.29, 1.82) is 0 Å². The van der Waals surface area contributed by atoms with E-state index in [2.05, 4.69) is 22.4 Å². The Hall–Kier alpha value is -2.83. The van der Waals surface area contributed by atoms with Gasteiger partial charge < -0.3 is 19.7 Å². The Bertz CT molecular complexity index is 682. The molecule has 0 aliphatic heterocycles. The second-order valence-corrected chi connectivity index (χ2v) is 5.54. The van der Waals surface area contributed by atoms with Gasteiger partial charge in [-0.1, -0.05) is 19.4 Å². The third kappa shape index (κ3) is 4.59. The molecule has 0 radical (unpaired) electrons. The van der Waals surface area contributed by atoms with Crippen molar-refractivity contribution in [2.75, 3.05) is 38.0 Å². The average Bonchev–Trinajstić information content (AvgIpc) is 2.65. The summed E-state index contributed by atoms with van der Waals surface area (Å²) in [5.41, 5.74) is 0.318. The summed E-state index contributed by atoms with van der Waals surface area (Å²) in [6.45, 7) is 3.06. The van der Waals surface area contributed by atoms with Gasteiger partial charge in [0.05, 0.1) is 14.2 Å². The third-order valence-corrected chi connectivity index (χ3v) is 3.79. The van der Waals surface area contributed by atoms with Gasteiger partial charge in [-0.05, 0) is 30.7 Å². The van der Waals surface area contributed by atoms with Crippen molar-refractivity contribution in [3.63, 3.8) is 0 Å². The van der Waals surface area contributed by atoms with Crippen molar-refractivity contribution >= 4 is 17.5 Å². The Balaban J connectivity index is 2.14. The van der Waals surface area contributed by atoms with E-state index < -0.39 is 0 Å². The number of carbonyl (C=O) groups excluding carboxylic acids is 1. The van der Waals surface area contributed by atoms with Crippen LogP contribution in [0.25, 0.3) is 0 Å². The molecular weight excluding hydrogens is 320 g/mol. The molecule has 134 valence electrons. The molecule has 7 nitrogen and oxygen atoms in total. The van der Waals surface area contributed by atoms with Crippen LogP contribution in [0.1, 0.15) is 30.1 Å². The molecule has 0 fully saturated rings. The number of ether oxygens (including phenoxy) is 2. The molecule has 2 aromatic rings. The van der Waals surface area contributed by atoms with Crippen molar-refractivity contribution < 1.29 is 14.3 Å². The molecule has 1 amide bonds. The highest BCUT2D eigenvalue weighted by atomic mass is 16.5. The van der Waals surface area contributed by atoms with Gasteiger partial charge in [0, 0.05) is 13.6 Å². The number of unbranched alkanes of at least 4 members (excludes halogenated alkanes) is 1. The first-order valence-corrected chi connectivity index (χ1v) is 8.17. The first-order valence-electron chi connectivity index (χ1n) is 8.17. The first kappa shape index (κ1) is 18.5. The number of benzene rings is 1. The fourth-order valence-corrected chi connectivity index (χ4v) is 2.36. The van der Waals surface area contributed by atoms with Crippen LogP contribution in [0.4, 0.5) is 11.6 Å². The Labute approximate surface area is 148 Å². The molecule has 1 N–H and O–H groups in total. The fraction of sp³-hybridized carbons (Fsp3) is 0.389. The molecule has 7 heteroatoms. The lowest BCUT2D eigenvalue weighted by Gasteiger charge is -2.17. The van der Waals surface area contributed by atoms with Crippen LogP contribution in [0.3, 0.4) is 0 Å². The number of nitrogens with zero attached hydrogens (tertiary/aromatic N) is 3. The SMILES string of the molecule is CCCCN(C)c1ccc(NC(=O)c2c(OC)cccc2OC)nn1. The normalized spacial score (nSPS) is 10.2. The molecule has 25 heavy (non-hydrogen) atoms. The number of carbonyl (C=O) groups is 1. The molecular formula is C18H24N4O3. The maximum atomic E-state index is 12.6. The van der Waals surface area contributed by atoms with Gasteiger partial charge in [0.2, 0.25) is 0 Å². The quantitative estimate of drug-likeness (QED) is 0.793. The summed E-state index contributed by atoms with van der Waals surface area (Å²) in [7, 11) is 4.98. The number of nitrogens with one attached hydrogen (secondary N) is 1. The highest BCUT2D eigenvalue weighted by Crippen LogP contribution is 2.28. The Kier molecular flexibility index (Phi) is 6.56. The molecule has 0 aliphatic carbocycles. The molecule has 0 spiro atoms. The number of hydrogen-bond donors (Lipinski definition) is 1. The van der Waals surface area contributed by atoms with Crippen LogP contribution in [0.5, 0.6) is 11.5 Å². The van der Waals surface area contributed by atoms with Gasteiger partial charge in [-0.2, -0.15) is 0 Å². The highest BCUT2D eigenvalue weighted by Gasteiger charge is 2.18. The van der Waals surface area contributed by atoms with E-state index in [1.807, 2.05) is 18.0 Å². The average molecular weight is 344 g/mol. The van der Waals surface area contributed by atoms with E-state index in [4.69, 9.17) is 9.47 Å². The van der Waals surface area contributed by atoms with Crippen molar-refractivity contribution in [3.05, 3.63) is 35.9 Å². The van der Waals surface area contributed by atoms with Gasteiger partial charge in [-0.25, -0.2) is 0 Å². The molecule has 1 aromatic heterocycles. The number of rotatable bonds is 8. The second kappa shape index (κ2) is 8.86. The summed E-state index contributed by atoms with van der Waals surface area (Å²) >= 11 is 0. The standard InChI is InChI=1S/C18H24N4O3/c1-5-6-12-22(2)16-11-10-15(20-21-16)19-18(23)17-13(24-3)8-7-9-14(17)25-4/h7-11H,5-6,12H2,1-4H3,(H,19,20,23). The minimum Gasteiger partial charge on any atom is -0.496 e. The number of aromatic nitrogens is 2. The van der Waals surface area contributed by atoms with Crippen LogP contribution >= 0.6 is 0 Å². The van der Waals surface area contributed by atoms with Gasteiger partial charge in [0.1, 0.15) is 17.1 Å². The lowest BCUT2D eigenvalue weighted by molar-refractivity contribution is 0.102. The van der Waals surface area contributed by atoms with E-state index in [-0.39, 0.29) is 5.91 Å². The minimum atomic E-state index is -0.365. The van der Waals surface area contributed by atoms with E-state index in [1.165, 1.54) is 14.2 Å². The van der Waals surface area contributed by atoms with Crippen molar-refractivity contribution in [3.8, 4) is 11.5 Å². The molecule has 0 unspecified atom stereocenters. The third-order valence-electron chi connectivity index (χ3n) is 3.79. The zero-order valence-corrected chi connectivity index (χ0v) is 15.1. The maximum absolute atomic E-state index is 12.6. The lowest BCUT2D eigenvalue weighted by Crippen LogP contribution is -2.20. The molecule has 1 heterocycles. The topological polar surface area (TPSA) is 76.6 Å². The minimum absolute atomic E-state index is 0.318. The van der Waals surface area contributed by atoms with Crippen molar-refractivity contribution in [2.24, 2.45) is 0 Å². The molecule has 0 bridgehead atoms. The number of hydrogen-bond acceptors (Lipinski definition) is 6. The first-order chi connectivity index (χ1) is 12.1. The van der Waals surface area contributed by atoms with Crippen molar-refractivity contribution in [1.82, 2.24) is 10.2 Å². The Morgan fingerprint density at radius 3 is 2.32 bits per heavy atom. The van der Waals surface area contributed by atoms with E-state index in [1.54, 1.807) is 24.3 Å². The van der Waals surface area contributed by atoms with E-state index in [0.29, 0.717) is 22.9 Å². The Morgan fingerprint density at radius 2 is 1.80 bits per heavy atom. The number of amides is 1. The Morgan fingerprint density at radius 1 is 1.12 bits per heavy atom. The summed E-state index contributed by atoms with van der Waals surface area (Å²) in [6.07, 6.45) is 2.21. The summed E-state index contributed by atoms with van der Waals surface area (Å²) in [5.74, 6) is 1.63. The molecule has 0 aliphatic rings. The van der Waals surface area contributed by atoms with Gasteiger partial charge in [0.25, 0.3) is 5.91 Å². The number of anilines is 2. The monoisotopic (exact) mass is 344 g/mol. The van der Waals surface area contributed by atoms with Gasteiger partial charge in [0.15, 0.2) is 11.6 Å². The van der Waals surface area contributed by atoms with E-state index in [9.17, 15) is 4.79 Å². The van der Waals surface area contributed by atoms with Gasteiger partial charge in [-0.15, -0.1) is 10.2 Å². The molecule has 0 saturated carbocycles. The summed E-state index contributed by atoms with van der Waals surface area (Å²) < 4.78 is 10.5. The molecule has 1 aromatic carbocycles. The molecule has 0 saturated heterocycles. The predicted octanol–water partition coefficient (Wildman–Crippen LogP) is 2.98. The van der Waals surface area contributed by atoms with Crippen LogP contribution in [0.2, 0.25) is 0 Å². The zero-order chi connectivity index (χ0) is 18.2. The highest BCUT2D eigenvalue weighted by molar-refractivity contribution is 6.07. The van der Waals surface area contributed by atoms with Crippen LogP contribution in [-0.4, -0.2) is 43.9 Å². The van der Waals surface area contributed by atoms with E-state index >= 15 is 0 Å². The molecule has 0 atom stereocenters. The largest absolute Gasteiger partial charge is 0.496 e. The van der Waals surface area contributed by atoms with Crippen molar-refractivity contribution in [2.45, 2.75) is 19.8 Å². The van der Waals surface area contributed by atoms with Gasteiger partial charge >= 0.3 is 0 Å². The fourth-order valence-electron chi connectivity index (χ4n) is 2.36. The van der Waals surface area contributed by atoms with Crippen LogP contribution in [-0.2, 0) is 0 Å². The second-order valence-electron chi connectivity index (χ2n) is 5.54. The van der Waals surface area contributed by atoms with Crippen LogP contribution in [0, 0.1) is 0 Å². The zero-order valence-electron chi connectivity index (χ0n) is 15.1. The van der Waals surface area contributed by atoms with Gasteiger partial charge in [-0.3, -0.25) is 4.79 Å². The summed E-state index contributed by atoms with van der Waals surface area (Å²) in [6, 6.07) is 8.72. The van der Waals surface area contributed by atoms with Crippen LogP contribution < -0.4 is 19.7 Å². The van der Waals surface area contributed by atoms with Crippen LogP contribution in [0.15, 0.2) is 30.3 Å². The maximum Gasteiger partial charge on any atom is 0.264 e. The lowest BCUT2D eigenvalue weighted by atomic mass is 10.1. The smallest absolute Gasteiger partial charge is 0.264 e. The molecule has 2 rings (SSSR count). The number of methoxy groups -OCH3 is 2. The summed E-state index contributed by atoms with van der Waals surface area (Å²) in [5, 5.41) is 11.0. The predicted molar refractivity (Wildman–Crippen MR) is 97.7 cm³/mol. The van der Waals surface area contributed by atoms with E-state index in [0.717, 1.165) is 25.2 Å².